The Hall–Kier alpha value is -0.0400. The minimum absolute atomic E-state index is 0. The normalized spacial score (nSPS) is 10.2. The van der Waals surface area contributed by atoms with Crippen LogP contribution in [0.15, 0.2) is 6.07 Å². The number of carbonyl (C=O) groups is 1. The smallest absolute Gasteiger partial charge is 0.220 e. The average molecular weight is 376 g/mol. The zero-order valence-corrected chi connectivity index (χ0v) is 15.1. The second kappa shape index (κ2) is 12.5. The summed E-state index contributed by atoms with van der Waals surface area (Å²) in [5.74, 6) is 0.0657. The number of aryl methyl sites for hydroxylation is 1. The second-order valence-corrected chi connectivity index (χ2v) is 6.58. The first-order valence-corrected chi connectivity index (χ1v) is 8.10. The molecule has 0 fully saturated rings. The van der Waals surface area contributed by atoms with E-state index in [1.807, 2.05) is 6.07 Å². The molecule has 8 heteroatoms. The largest absolute Gasteiger partial charge is 0.383 e. The molecule has 1 rings (SSSR count). The molecule has 122 valence electrons. The van der Waals surface area contributed by atoms with Crippen LogP contribution in [0.2, 0.25) is 8.67 Å². The van der Waals surface area contributed by atoms with Gasteiger partial charge in [-0.2, -0.15) is 0 Å². The van der Waals surface area contributed by atoms with Crippen LogP contribution in [0.3, 0.4) is 0 Å². The van der Waals surface area contributed by atoms with Crippen molar-refractivity contribution in [3.05, 3.63) is 20.3 Å². The number of halogens is 3. The number of thiophene rings is 1. The molecule has 1 aromatic rings. The van der Waals surface area contributed by atoms with Gasteiger partial charge < -0.3 is 15.4 Å². The van der Waals surface area contributed by atoms with E-state index in [1.54, 1.807) is 7.11 Å². The number of hydrogen-bond donors (Lipinski definition) is 2. The monoisotopic (exact) mass is 374 g/mol. The molecule has 0 aliphatic rings. The summed E-state index contributed by atoms with van der Waals surface area (Å²) in [5.41, 5.74) is 1.02. The highest BCUT2D eigenvalue weighted by Gasteiger charge is 2.07. The van der Waals surface area contributed by atoms with E-state index in [-0.39, 0.29) is 18.3 Å². The maximum Gasteiger partial charge on any atom is 0.220 e. The lowest BCUT2D eigenvalue weighted by Gasteiger charge is -2.06. The quantitative estimate of drug-likeness (QED) is 0.618. The molecular formula is C13H21Cl3N2O2S. The average Bonchev–Trinajstić information content (AvgIpc) is 2.72. The second-order valence-electron chi connectivity index (χ2n) is 4.30. The lowest BCUT2D eigenvalue weighted by molar-refractivity contribution is -0.121. The van der Waals surface area contributed by atoms with Gasteiger partial charge in [-0.25, -0.2) is 0 Å². The molecule has 0 aromatic carbocycles. The summed E-state index contributed by atoms with van der Waals surface area (Å²) in [6.45, 7) is 2.86. The highest BCUT2D eigenvalue weighted by Crippen LogP contribution is 2.31. The van der Waals surface area contributed by atoms with Crippen molar-refractivity contribution in [1.29, 1.82) is 0 Å². The van der Waals surface area contributed by atoms with E-state index in [4.69, 9.17) is 27.9 Å². The van der Waals surface area contributed by atoms with Crippen molar-refractivity contribution in [2.24, 2.45) is 0 Å². The van der Waals surface area contributed by atoms with Gasteiger partial charge in [0.1, 0.15) is 0 Å². The Balaban J connectivity index is 0.00000400. The van der Waals surface area contributed by atoms with Crippen LogP contribution < -0.4 is 10.6 Å². The van der Waals surface area contributed by atoms with E-state index in [1.165, 1.54) is 11.3 Å². The summed E-state index contributed by atoms with van der Waals surface area (Å²) in [6, 6.07) is 1.87. The molecule has 4 nitrogen and oxygen atoms in total. The molecule has 1 heterocycles. The zero-order chi connectivity index (χ0) is 14.8. The van der Waals surface area contributed by atoms with E-state index in [2.05, 4.69) is 10.6 Å². The molecule has 0 saturated heterocycles. The Bertz CT molecular complexity index is 416. The number of hydrogen-bond acceptors (Lipinski definition) is 4. The van der Waals surface area contributed by atoms with Crippen LogP contribution in [0.25, 0.3) is 0 Å². The van der Waals surface area contributed by atoms with Crippen molar-refractivity contribution in [3.63, 3.8) is 0 Å². The summed E-state index contributed by atoms with van der Waals surface area (Å²) in [4.78, 5) is 11.6. The van der Waals surface area contributed by atoms with Crippen LogP contribution in [0.4, 0.5) is 0 Å². The first-order chi connectivity index (χ1) is 9.63. The summed E-state index contributed by atoms with van der Waals surface area (Å²) in [6.07, 6.45) is 2.05. The molecule has 0 spiro atoms. The fourth-order valence-electron chi connectivity index (χ4n) is 1.66. The predicted octanol–water partition coefficient (Wildman–Crippen LogP) is 3.15. The van der Waals surface area contributed by atoms with Gasteiger partial charge >= 0.3 is 0 Å². The van der Waals surface area contributed by atoms with Crippen LogP contribution in [0.5, 0.6) is 0 Å². The maximum atomic E-state index is 11.6. The van der Waals surface area contributed by atoms with Crippen molar-refractivity contribution in [2.75, 3.05) is 33.4 Å². The number of amides is 1. The number of ether oxygens (including phenoxy) is 1. The lowest BCUT2D eigenvalue weighted by atomic mass is 10.1. The number of carbonyl (C=O) groups excluding carboxylic acids is 1. The van der Waals surface area contributed by atoms with Crippen molar-refractivity contribution in [3.8, 4) is 0 Å². The molecule has 0 aliphatic carbocycles. The van der Waals surface area contributed by atoms with E-state index in [9.17, 15) is 4.79 Å². The highest BCUT2D eigenvalue weighted by atomic mass is 35.5. The molecule has 2 N–H and O–H groups in total. The van der Waals surface area contributed by atoms with Crippen molar-refractivity contribution in [1.82, 2.24) is 10.6 Å². The summed E-state index contributed by atoms with van der Waals surface area (Å²) < 4.78 is 6.32. The molecule has 1 aromatic heterocycles. The van der Waals surface area contributed by atoms with E-state index in [0.717, 1.165) is 35.8 Å². The van der Waals surface area contributed by atoms with Gasteiger partial charge in [-0.1, -0.05) is 23.2 Å². The minimum Gasteiger partial charge on any atom is -0.383 e. The molecule has 0 saturated carbocycles. The molecule has 0 aliphatic heterocycles. The van der Waals surface area contributed by atoms with E-state index < -0.39 is 0 Å². The van der Waals surface area contributed by atoms with Crippen LogP contribution in [0.1, 0.15) is 18.4 Å². The first kappa shape index (κ1) is 21.0. The molecule has 0 radical (unpaired) electrons. The van der Waals surface area contributed by atoms with Gasteiger partial charge in [0.05, 0.1) is 15.3 Å². The summed E-state index contributed by atoms with van der Waals surface area (Å²) in [7, 11) is 1.66. The van der Waals surface area contributed by atoms with Gasteiger partial charge in [-0.3, -0.25) is 4.79 Å². The number of methoxy groups -OCH3 is 1. The van der Waals surface area contributed by atoms with E-state index >= 15 is 0 Å². The third kappa shape index (κ3) is 9.55. The van der Waals surface area contributed by atoms with Crippen molar-refractivity contribution < 1.29 is 9.53 Å². The van der Waals surface area contributed by atoms with Gasteiger partial charge in [0.15, 0.2) is 0 Å². The molecule has 0 atom stereocenters. The van der Waals surface area contributed by atoms with E-state index in [0.29, 0.717) is 23.9 Å². The SMILES string of the molecule is COCCNCCNC(=O)CCCc1cc(Cl)sc1Cl.Cl. The van der Waals surface area contributed by atoms with Crippen LogP contribution >= 0.6 is 46.9 Å². The zero-order valence-electron chi connectivity index (χ0n) is 11.9. The maximum absolute atomic E-state index is 11.6. The Morgan fingerprint density at radius 3 is 2.71 bits per heavy atom. The fraction of sp³-hybridized carbons (Fsp3) is 0.615. The highest BCUT2D eigenvalue weighted by molar-refractivity contribution is 7.20. The van der Waals surface area contributed by atoms with Crippen molar-refractivity contribution in [2.45, 2.75) is 19.3 Å². The van der Waals surface area contributed by atoms with Crippen molar-refractivity contribution >= 4 is 52.9 Å². The van der Waals surface area contributed by atoms with Gasteiger partial charge in [-0.05, 0) is 24.5 Å². The van der Waals surface area contributed by atoms with Gasteiger partial charge in [-0.15, -0.1) is 23.7 Å². The van der Waals surface area contributed by atoms with Crippen LogP contribution in [-0.2, 0) is 16.0 Å². The number of nitrogens with one attached hydrogen (secondary N) is 2. The minimum atomic E-state index is 0. The third-order valence-corrected chi connectivity index (χ3v) is 4.25. The Labute approximate surface area is 145 Å². The third-order valence-electron chi connectivity index (χ3n) is 2.68. The van der Waals surface area contributed by atoms with Gasteiger partial charge in [0.25, 0.3) is 0 Å². The van der Waals surface area contributed by atoms with Gasteiger partial charge in [0, 0.05) is 33.2 Å². The molecule has 21 heavy (non-hydrogen) atoms. The Morgan fingerprint density at radius 1 is 1.33 bits per heavy atom. The summed E-state index contributed by atoms with van der Waals surface area (Å²) in [5, 5.41) is 6.03. The molecule has 1 amide bonds. The first-order valence-electron chi connectivity index (χ1n) is 6.53. The van der Waals surface area contributed by atoms with Crippen LogP contribution in [-0.4, -0.2) is 39.3 Å². The van der Waals surface area contributed by atoms with Gasteiger partial charge in [0.2, 0.25) is 5.91 Å². The standard InChI is InChI=1S/C13H20Cl2N2O2S.ClH/c1-19-8-7-16-5-6-17-12(18)4-2-3-10-9-11(14)20-13(10)15;/h9,16H,2-8H2,1H3,(H,17,18);1H. The lowest BCUT2D eigenvalue weighted by Crippen LogP contribution is -2.32. The van der Waals surface area contributed by atoms with Crippen LogP contribution in [0, 0.1) is 0 Å². The molecule has 0 unspecified atom stereocenters. The number of rotatable bonds is 10. The topological polar surface area (TPSA) is 50.4 Å². The molecular weight excluding hydrogens is 355 g/mol. The Morgan fingerprint density at radius 2 is 2.10 bits per heavy atom. The Kier molecular flexibility index (Phi) is 12.5. The molecule has 0 bridgehead atoms. The predicted molar refractivity (Wildman–Crippen MR) is 92.3 cm³/mol. The fourth-order valence-corrected chi connectivity index (χ4v) is 3.21. The summed E-state index contributed by atoms with van der Waals surface area (Å²) >= 11 is 13.2.